The van der Waals surface area contributed by atoms with E-state index in [1.807, 2.05) is 6.08 Å². The predicted molar refractivity (Wildman–Crippen MR) is 68.4 cm³/mol. The summed E-state index contributed by atoms with van der Waals surface area (Å²) in [5.74, 6) is 0. The van der Waals surface area contributed by atoms with Gasteiger partial charge in [0.1, 0.15) is 0 Å². The predicted octanol–water partition coefficient (Wildman–Crippen LogP) is 3.93. The SMILES string of the molecule is C=CCCOCc1ccc2ccccc2c1. The molecular weight excluding hydrogens is 196 g/mol. The van der Waals surface area contributed by atoms with E-state index in [0.717, 1.165) is 13.0 Å². The van der Waals surface area contributed by atoms with E-state index in [4.69, 9.17) is 4.74 Å². The lowest BCUT2D eigenvalue weighted by Crippen LogP contribution is -1.94. The lowest BCUT2D eigenvalue weighted by Gasteiger charge is -2.04. The Morgan fingerprint density at radius 1 is 1.06 bits per heavy atom. The Hall–Kier alpha value is -1.60. The highest BCUT2D eigenvalue weighted by Gasteiger charge is 1.95. The van der Waals surface area contributed by atoms with Crippen LogP contribution in [0.3, 0.4) is 0 Å². The van der Waals surface area contributed by atoms with Crippen LogP contribution >= 0.6 is 0 Å². The maximum Gasteiger partial charge on any atom is 0.0717 e. The van der Waals surface area contributed by atoms with Crippen molar-refractivity contribution in [2.75, 3.05) is 6.61 Å². The van der Waals surface area contributed by atoms with Gasteiger partial charge in [0.25, 0.3) is 0 Å². The van der Waals surface area contributed by atoms with Crippen molar-refractivity contribution in [3.05, 3.63) is 60.7 Å². The zero-order valence-corrected chi connectivity index (χ0v) is 9.36. The van der Waals surface area contributed by atoms with E-state index in [1.54, 1.807) is 0 Å². The van der Waals surface area contributed by atoms with E-state index in [-0.39, 0.29) is 0 Å². The molecule has 0 aliphatic heterocycles. The van der Waals surface area contributed by atoms with Crippen LogP contribution in [0.5, 0.6) is 0 Å². The Bertz CT molecular complexity index is 474. The standard InChI is InChI=1S/C15H16O/c1-2-3-10-16-12-13-8-9-14-6-4-5-7-15(14)11-13/h2,4-9,11H,1,3,10,12H2. The molecule has 0 spiro atoms. The van der Waals surface area contributed by atoms with E-state index < -0.39 is 0 Å². The molecule has 1 nitrogen and oxygen atoms in total. The molecule has 0 aliphatic rings. The molecule has 0 saturated heterocycles. The molecule has 0 aliphatic carbocycles. The van der Waals surface area contributed by atoms with Gasteiger partial charge in [-0.15, -0.1) is 6.58 Å². The largest absolute Gasteiger partial charge is 0.376 e. The van der Waals surface area contributed by atoms with Gasteiger partial charge in [-0.25, -0.2) is 0 Å². The molecule has 0 saturated carbocycles. The van der Waals surface area contributed by atoms with Crippen molar-refractivity contribution >= 4 is 10.8 Å². The van der Waals surface area contributed by atoms with E-state index in [1.165, 1.54) is 16.3 Å². The van der Waals surface area contributed by atoms with Gasteiger partial charge >= 0.3 is 0 Å². The second-order valence-electron chi connectivity index (χ2n) is 3.81. The molecule has 0 radical (unpaired) electrons. The van der Waals surface area contributed by atoms with Crippen LogP contribution in [-0.4, -0.2) is 6.61 Å². The molecule has 0 unspecified atom stereocenters. The van der Waals surface area contributed by atoms with Crippen LogP contribution in [-0.2, 0) is 11.3 Å². The summed E-state index contributed by atoms with van der Waals surface area (Å²) < 4.78 is 5.54. The fraction of sp³-hybridized carbons (Fsp3) is 0.200. The molecular formula is C15H16O. The third kappa shape index (κ3) is 2.71. The molecule has 0 heterocycles. The van der Waals surface area contributed by atoms with Gasteiger partial charge in [-0.1, -0.05) is 42.5 Å². The first kappa shape index (κ1) is 10.9. The average Bonchev–Trinajstić information content (AvgIpc) is 2.34. The molecule has 82 valence electrons. The summed E-state index contributed by atoms with van der Waals surface area (Å²) in [4.78, 5) is 0. The van der Waals surface area contributed by atoms with E-state index in [2.05, 4.69) is 49.0 Å². The fourth-order valence-corrected chi connectivity index (χ4v) is 1.69. The summed E-state index contributed by atoms with van der Waals surface area (Å²) in [5.41, 5.74) is 1.22. The minimum Gasteiger partial charge on any atom is -0.376 e. The van der Waals surface area contributed by atoms with Crippen LogP contribution in [0, 0.1) is 0 Å². The monoisotopic (exact) mass is 212 g/mol. The summed E-state index contributed by atoms with van der Waals surface area (Å²) in [6.45, 7) is 5.09. The first-order valence-corrected chi connectivity index (χ1v) is 5.56. The lowest BCUT2D eigenvalue weighted by atomic mass is 10.1. The second-order valence-corrected chi connectivity index (χ2v) is 3.81. The Morgan fingerprint density at radius 2 is 1.88 bits per heavy atom. The Morgan fingerprint density at radius 3 is 2.69 bits per heavy atom. The number of benzene rings is 2. The zero-order chi connectivity index (χ0) is 11.2. The third-order valence-corrected chi connectivity index (χ3v) is 2.55. The summed E-state index contributed by atoms with van der Waals surface area (Å²) in [7, 11) is 0. The van der Waals surface area contributed by atoms with Crippen molar-refractivity contribution in [3.8, 4) is 0 Å². The number of hydrogen-bond donors (Lipinski definition) is 0. The van der Waals surface area contributed by atoms with Crippen molar-refractivity contribution < 1.29 is 4.74 Å². The normalized spacial score (nSPS) is 10.5. The molecule has 2 aromatic carbocycles. The zero-order valence-electron chi connectivity index (χ0n) is 9.36. The highest BCUT2D eigenvalue weighted by molar-refractivity contribution is 5.82. The number of fused-ring (bicyclic) bond motifs is 1. The molecule has 0 amide bonds. The molecule has 0 fully saturated rings. The van der Waals surface area contributed by atoms with Crippen molar-refractivity contribution in [1.82, 2.24) is 0 Å². The Kier molecular flexibility index (Phi) is 3.73. The summed E-state index contributed by atoms with van der Waals surface area (Å²) >= 11 is 0. The molecule has 2 rings (SSSR count). The van der Waals surface area contributed by atoms with Crippen molar-refractivity contribution in [2.45, 2.75) is 13.0 Å². The number of rotatable bonds is 5. The van der Waals surface area contributed by atoms with Gasteiger partial charge in [0, 0.05) is 0 Å². The van der Waals surface area contributed by atoms with Crippen LogP contribution in [0.15, 0.2) is 55.1 Å². The van der Waals surface area contributed by atoms with Gasteiger partial charge in [-0.3, -0.25) is 0 Å². The van der Waals surface area contributed by atoms with Crippen LogP contribution in [0.1, 0.15) is 12.0 Å². The average molecular weight is 212 g/mol. The summed E-state index contributed by atoms with van der Waals surface area (Å²) in [6.07, 6.45) is 2.79. The maximum atomic E-state index is 5.54. The number of ether oxygens (including phenoxy) is 1. The van der Waals surface area contributed by atoms with Gasteiger partial charge in [0.2, 0.25) is 0 Å². The lowest BCUT2D eigenvalue weighted by molar-refractivity contribution is 0.125. The van der Waals surface area contributed by atoms with E-state index in [9.17, 15) is 0 Å². The molecule has 0 aromatic heterocycles. The van der Waals surface area contributed by atoms with Gasteiger partial charge in [-0.2, -0.15) is 0 Å². The third-order valence-electron chi connectivity index (χ3n) is 2.55. The maximum absolute atomic E-state index is 5.54. The van der Waals surface area contributed by atoms with Crippen LogP contribution < -0.4 is 0 Å². The summed E-state index contributed by atoms with van der Waals surface area (Å²) in [5, 5.41) is 2.55. The molecule has 16 heavy (non-hydrogen) atoms. The van der Waals surface area contributed by atoms with Crippen molar-refractivity contribution in [3.63, 3.8) is 0 Å². The molecule has 0 N–H and O–H groups in total. The van der Waals surface area contributed by atoms with E-state index >= 15 is 0 Å². The molecule has 0 atom stereocenters. The van der Waals surface area contributed by atoms with Crippen molar-refractivity contribution in [2.24, 2.45) is 0 Å². The quantitative estimate of drug-likeness (QED) is 0.539. The second kappa shape index (κ2) is 5.47. The highest BCUT2D eigenvalue weighted by Crippen LogP contribution is 2.16. The van der Waals surface area contributed by atoms with Crippen LogP contribution in [0.4, 0.5) is 0 Å². The molecule has 2 aromatic rings. The number of hydrogen-bond acceptors (Lipinski definition) is 1. The van der Waals surface area contributed by atoms with E-state index in [0.29, 0.717) is 6.61 Å². The van der Waals surface area contributed by atoms with Gasteiger partial charge in [0.05, 0.1) is 13.2 Å². The first-order chi connectivity index (χ1) is 7.90. The van der Waals surface area contributed by atoms with Gasteiger partial charge < -0.3 is 4.74 Å². The Balaban J connectivity index is 2.05. The fourth-order valence-electron chi connectivity index (χ4n) is 1.69. The van der Waals surface area contributed by atoms with Crippen LogP contribution in [0.25, 0.3) is 10.8 Å². The van der Waals surface area contributed by atoms with Gasteiger partial charge in [-0.05, 0) is 28.8 Å². The summed E-state index contributed by atoms with van der Waals surface area (Å²) in [6, 6.07) is 14.8. The topological polar surface area (TPSA) is 9.23 Å². The Labute approximate surface area is 96.4 Å². The minimum atomic E-state index is 0.679. The first-order valence-electron chi connectivity index (χ1n) is 5.56. The molecule has 1 heteroatoms. The van der Waals surface area contributed by atoms with Crippen molar-refractivity contribution in [1.29, 1.82) is 0 Å². The van der Waals surface area contributed by atoms with Crippen LogP contribution in [0.2, 0.25) is 0 Å². The smallest absolute Gasteiger partial charge is 0.0717 e. The minimum absolute atomic E-state index is 0.679. The van der Waals surface area contributed by atoms with Gasteiger partial charge in [0.15, 0.2) is 0 Å². The molecule has 0 bridgehead atoms. The highest BCUT2D eigenvalue weighted by atomic mass is 16.5.